The zero-order valence-corrected chi connectivity index (χ0v) is 5.79. The van der Waals surface area contributed by atoms with Crippen molar-refractivity contribution in [2.45, 2.75) is 6.92 Å². The fourth-order valence-corrected chi connectivity index (χ4v) is 0.675. The molecule has 52 valence electrons. The molecule has 0 saturated heterocycles. The average Bonchev–Trinajstić information content (AvgIpc) is 2.12. The van der Waals surface area contributed by atoms with Crippen LogP contribution in [-0.2, 0) is 4.79 Å². The second kappa shape index (κ2) is 3.01. The highest BCUT2D eigenvalue weighted by Crippen LogP contribution is 1.99. The van der Waals surface area contributed by atoms with Crippen LogP contribution in [0.2, 0.25) is 0 Å². The summed E-state index contributed by atoms with van der Waals surface area (Å²) in [5.41, 5.74) is 0.699. The number of carbonyl (C=O) groups excluding carboxylic acids is 1. The molecule has 0 bridgehead atoms. The number of Topliss-reactive ketones (excluding diaryl/α,β-unsaturated/α-hetero) is 1. The molecule has 1 aliphatic rings. The Kier molecular flexibility index (Phi) is 2.05. The molecule has 0 aromatic heterocycles. The van der Waals surface area contributed by atoms with Gasteiger partial charge in [-0.15, -0.1) is 0 Å². The predicted octanol–water partition coefficient (Wildman–Crippen LogP) is 1.13. The molecule has 10 heavy (non-hydrogen) atoms. The van der Waals surface area contributed by atoms with Crippen molar-refractivity contribution >= 4 is 5.78 Å². The molecule has 0 fully saturated rings. The van der Waals surface area contributed by atoms with Gasteiger partial charge in [0.25, 0.3) is 0 Å². The predicted molar refractivity (Wildman–Crippen MR) is 40.2 cm³/mol. The fourth-order valence-electron chi connectivity index (χ4n) is 0.675. The van der Waals surface area contributed by atoms with E-state index in [9.17, 15) is 4.79 Å². The molecule has 0 unspecified atom stereocenters. The molecule has 0 spiro atoms. The average molecular weight is 135 g/mol. The van der Waals surface area contributed by atoms with E-state index in [0.717, 1.165) is 0 Å². The molecular weight excluding hydrogens is 126 g/mol. The van der Waals surface area contributed by atoms with Crippen LogP contribution in [0.3, 0.4) is 0 Å². The molecule has 1 aliphatic heterocycles. The van der Waals surface area contributed by atoms with E-state index in [4.69, 9.17) is 0 Å². The number of ketones is 1. The van der Waals surface area contributed by atoms with Crippen molar-refractivity contribution in [1.29, 1.82) is 0 Å². The number of hydrogen-bond acceptors (Lipinski definition) is 2. The Morgan fingerprint density at radius 2 is 2.30 bits per heavy atom. The van der Waals surface area contributed by atoms with Crippen LogP contribution in [0.4, 0.5) is 0 Å². The molecule has 0 amide bonds. The van der Waals surface area contributed by atoms with Crippen molar-refractivity contribution in [3.8, 4) is 0 Å². The van der Waals surface area contributed by atoms with Crippen LogP contribution in [0, 0.1) is 0 Å². The highest BCUT2D eigenvalue weighted by atomic mass is 16.1. The zero-order chi connectivity index (χ0) is 7.40. The van der Waals surface area contributed by atoms with E-state index in [1.165, 1.54) is 0 Å². The van der Waals surface area contributed by atoms with Gasteiger partial charge in [0, 0.05) is 18.0 Å². The van der Waals surface area contributed by atoms with Gasteiger partial charge in [-0.3, -0.25) is 4.79 Å². The molecule has 1 heterocycles. The molecule has 1 N–H and O–H groups in total. The van der Waals surface area contributed by atoms with E-state index in [1.54, 1.807) is 25.4 Å². The lowest BCUT2D eigenvalue weighted by Gasteiger charge is -1.92. The maximum atomic E-state index is 10.8. The smallest absolute Gasteiger partial charge is 0.161 e. The molecule has 1 rings (SSSR count). The maximum absolute atomic E-state index is 10.8. The third-order valence-electron chi connectivity index (χ3n) is 1.22. The Balaban J connectivity index is 2.78. The second-order valence-electron chi connectivity index (χ2n) is 2.04. The van der Waals surface area contributed by atoms with E-state index in [0.29, 0.717) is 5.57 Å². The topological polar surface area (TPSA) is 29.1 Å². The summed E-state index contributed by atoms with van der Waals surface area (Å²) in [6.07, 6.45) is 8.90. The van der Waals surface area contributed by atoms with Gasteiger partial charge >= 0.3 is 0 Å². The zero-order valence-electron chi connectivity index (χ0n) is 5.79. The largest absolute Gasteiger partial charge is 0.367 e. The molecule has 2 heteroatoms. The maximum Gasteiger partial charge on any atom is 0.161 e. The summed E-state index contributed by atoms with van der Waals surface area (Å²) >= 11 is 0. The number of allylic oxidation sites excluding steroid dienone is 4. The molecule has 0 aliphatic carbocycles. The minimum Gasteiger partial charge on any atom is -0.367 e. The molecular formula is C8H9NO. The number of hydrogen-bond donors (Lipinski definition) is 1. The van der Waals surface area contributed by atoms with Crippen LogP contribution in [-0.4, -0.2) is 5.78 Å². The van der Waals surface area contributed by atoms with Crippen LogP contribution in [0.15, 0.2) is 36.2 Å². The Morgan fingerprint density at radius 3 is 3.00 bits per heavy atom. The molecule has 0 radical (unpaired) electrons. The van der Waals surface area contributed by atoms with Crippen LogP contribution in [0.1, 0.15) is 6.92 Å². The normalized spacial score (nSPS) is 15.5. The number of nitrogens with one attached hydrogen (secondary N) is 1. The van der Waals surface area contributed by atoms with Gasteiger partial charge in [0.15, 0.2) is 5.78 Å². The first-order valence-electron chi connectivity index (χ1n) is 3.11. The summed E-state index contributed by atoms with van der Waals surface area (Å²) in [7, 11) is 0. The van der Waals surface area contributed by atoms with E-state index >= 15 is 0 Å². The van der Waals surface area contributed by atoms with Crippen LogP contribution >= 0.6 is 0 Å². The Hall–Kier alpha value is -1.31. The van der Waals surface area contributed by atoms with Gasteiger partial charge in [0.1, 0.15) is 0 Å². The summed E-state index contributed by atoms with van der Waals surface area (Å²) < 4.78 is 0. The highest BCUT2D eigenvalue weighted by Gasteiger charge is 1.97. The van der Waals surface area contributed by atoms with E-state index in [-0.39, 0.29) is 5.78 Å². The number of rotatable bonds is 1. The van der Waals surface area contributed by atoms with Gasteiger partial charge in [0.05, 0.1) is 0 Å². The first-order valence-corrected chi connectivity index (χ1v) is 3.11. The first kappa shape index (κ1) is 6.81. The summed E-state index contributed by atoms with van der Waals surface area (Å²) in [5, 5.41) is 2.85. The lowest BCUT2D eigenvalue weighted by Crippen LogP contribution is -1.98. The Labute approximate surface area is 59.9 Å². The minimum atomic E-state index is 0.0763. The minimum absolute atomic E-state index is 0.0763. The van der Waals surface area contributed by atoms with Crippen molar-refractivity contribution < 1.29 is 4.79 Å². The van der Waals surface area contributed by atoms with Gasteiger partial charge in [-0.2, -0.15) is 0 Å². The van der Waals surface area contributed by atoms with Gasteiger partial charge in [-0.25, -0.2) is 0 Å². The third-order valence-corrected chi connectivity index (χ3v) is 1.22. The first-order chi connectivity index (χ1) is 4.80. The number of carbonyl (C=O) groups is 1. The van der Waals surface area contributed by atoms with Crippen LogP contribution < -0.4 is 5.32 Å². The summed E-state index contributed by atoms with van der Waals surface area (Å²) in [6, 6.07) is 0. The summed E-state index contributed by atoms with van der Waals surface area (Å²) in [4.78, 5) is 10.8. The van der Waals surface area contributed by atoms with Crippen LogP contribution in [0.5, 0.6) is 0 Å². The van der Waals surface area contributed by atoms with Gasteiger partial charge in [-0.05, 0) is 19.1 Å². The summed E-state index contributed by atoms with van der Waals surface area (Å²) in [5.74, 6) is 0.0763. The summed E-state index contributed by atoms with van der Waals surface area (Å²) in [6.45, 7) is 1.54. The van der Waals surface area contributed by atoms with Gasteiger partial charge in [0.2, 0.25) is 0 Å². The van der Waals surface area contributed by atoms with Crippen molar-refractivity contribution in [3.05, 3.63) is 36.2 Å². The third kappa shape index (κ3) is 1.58. The molecule has 0 saturated carbocycles. The van der Waals surface area contributed by atoms with Crippen LogP contribution in [0.25, 0.3) is 0 Å². The fraction of sp³-hybridized carbons (Fsp3) is 0.125. The van der Waals surface area contributed by atoms with E-state index in [2.05, 4.69) is 5.32 Å². The lowest BCUT2D eigenvalue weighted by atomic mass is 10.2. The quantitative estimate of drug-likeness (QED) is 0.584. The monoisotopic (exact) mass is 135 g/mol. The molecule has 0 aromatic rings. The standard InChI is InChI=1S/C8H9NO/c1-7(10)8-4-2-3-5-9-6-8/h2-6,9H,1H3. The Bertz CT molecular complexity index is 223. The van der Waals surface area contributed by atoms with E-state index in [1.807, 2.05) is 12.2 Å². The van der Waals surface area contributed by atoms with Crippen molar-refractivity contribution in [2.24, 2.45) is 0 Å². The van der Waals surface area contributed by atoms with Gasteiger partial charge < -0.3 is 5.32 Å². The molecule has 0 aromatic carbocycles. The highest BCUT2D eigenvalue weighted by molar-refractivity contribution is 5.96. The molecule has 0 atom stereocenters. The van der Waals surface area contributed by atoms with Crippen molar-refractivity contribution in [3.63, 3.8) is 0 Å². The SMILES string of the molecule is CC(=O)C1=CNC=CC=C1. The van der Waals surface area contributed by atoms with Crippen molar-refractivity contribution in [1.82, 2.24) is 5.32 Å². The Morgan fingerprint density at radius 1 is 1.50 bits per heavy atom. The molecule has 2 nitrogen and oxygen atoms in total. The van der Waals surface area contributed by atoms with E-state index < -0.39 is 0 Å². The van der Waals surface area contributed by atoms with Crippen molar-refractivity contribution in [2.75, 3.05) is 0 Å². The van der Waals surface area contributed by atoms with Gasteiger partial charge in [-0.1, -0.05) is 6.08 Å². The lowest BCUT2D eigenvalue weighted by molar-refractivity contribution is -0.113. The second-order valence-corrected chi connectivity index (χ2v) is 2.04.